The van der Waals surface area contributed by atoms with E-state index in [4.69, 9.17) is 4.74 Å². The summed E-state index contributed by atoms with van der Waals surface area (Å²) < 4.78 is 32.5. The molecule has 2 aliphatic rings. The van der Waals surface area contributed by atoms with E-state index in [1.165, 1.54) is 12.0 Å². The number of hydrogen-bond acceptors (Lipinski definition) is 4. The molecule has 0 atom stereocenters. The van der Waals surface area contributed by atoms with Gasteiger partial charge in [0.2, 0.25) is 5.91 Å². The van der Waals surface area contributed by atoms with Gasteiger partial charge in [0, 0.05) is 51.3 Å². The maximum atomic E-state index is 14.0. The van der Waals surface area contributed by atoms with Crippen LogP contribution in [-0.4, -0.2) is 78.8 Å². The summed E-state index contributed by atoms with van der Waals surface area (Å²) in [5.74, 6) is -1.90. The van der Waals surface area contributed by atoms with Crippen molar-refractivity contribution in [1.82, 2.24) is 14.7 Å². The summed E-state index contributed by atoms with van der Waals surface area (Å²) >= 11 is 0. The smallest absolute Gasteiger partial charge is 0.257 e. The van der Waals surface area contributed by atoms with Crippen molar-refractivity contribution in [3.8, 4) is 5.75 Å². The minimum Gasteiger partial charge on any atom is -0.496 e. The maximum absolute atomic E-state index is 14.0. The van der Waals surface area contributed by atoms with Gasteiger partial charge in [-0.05, 0) is 43.5 Å². The number of hydrogen-bond donors (Lipinski definition) is 0. The quantitative estimate of drug-likeness (QED) is 0.667. The molecule has 9 heteroatoms. The predicted molar refractivity (Wildman–Crippen MR) is 125 cm³/mol. The van der Waals surface area contributed by atoms with Crippen molar-refractivity contribution in [1.29, 1.82) is 0 Å². The van der Waals surface area contributed by atoms with Gasteiger partial charge in [0.25, 0.3) is 11.8 Å². The fraction of sp³-hybridized carbons (Fsp3) is 0.423. The Morgan fingerprint density at radius 1 is 0.800 bits per heavy atom. The van der Waals surface area contributed by atoms with Gasteiger partial charge in [-0.25, -0.2) is 8.78 Å². The molecule has 2 heterocycles. The fourth-order valence-electron chi connectivity index (χ4n) is 4.75. The lowest BCUT2D eigenvalue weighted by atomic mass is 9.94. The minimum absolute atomic E-state index is 0.0247. The van der Waals surface area contributed by atoms with Gasteiger partial charge in [-0.15, -0.1) is 0 Å². The highest BCUT2D eigenvalue weighted by molar-refractivity contribution is 5.97. The Bertz CT molecular complexity index is 1100. The zero-order valence-electron chi connectivity index (χ0n) is 19.7. The minimum atomic E-state index is -0.884. The highest BCUT2D eigenvalue weighted by Crippen LogP contribution is 2.24. The van der Waals surface area contributed by atoms with Crippen LogP contribution >= 0.6 is 0 Å². The molecule has 0 aliphatic carbocycles. The first kappa shape index (κ1) is 24.6. The van der Waals surface area contributed by atoms with Gasteiger partial charge in [-0.3, -0.25) is 14.4 Å². The summed E-state index contributed by atoms with van der Waals surface area (Å²) in [4.78, 5) is 43.9. The van der Waals surface area contributed by atoms with E-state index in [0.717, 1.165) is 12.1 Å². The van der Waals surface area contributed by atoms with E-state index in [9.17, 15) is 23.2 Å². The van der Waals surface area contributed by atoms with E-state index < -0.39 is 17.5 Å². The number of halogens is 2. The molecule has 2 aliphatic heterocycles. The number of benzene rings is 2. The molecule has 2 aromatic rings. The van der Waals surface area contributed by atoms with Gasteiger partial charge in [0.1, 0.15) is 17.4 Å². The van der Waals surface area contributed by atoms with Crippen LogP contribution in [0.2, 0.25) is 0 Å². The Balaban J connectivity index is 1.32. The molecule has 0 spiro atoms. The van der Waals surface area contributed by atoms with E-state index in [1.807, 2.05) is 6.07 Å². The van der Waals surface area contributed by atoms with Gasteiger partial charge in [-0.1, -0.05) is 12.1 Å². The fourth-order valence-corrected chi connectivity index (χ4v) is 4.75. The van der Waals surface area contributed by atoms with Crippen molar-refractivity contribution in [3.05, 3.63) is 65.2 Å². The molecule has 0 saturated carbocycles. The Hall–Kier alpha value is -3.49. The van der Waals surface area contributed by atoms with Crippen LogP contribution in [0.4, 0.5) is 8.78 Å². The van der Waals surface area contributed by atoms with Crippen molar-refractivity contribution in [2.24, 2.45) is 5.92 Å². The lowest BCUT2D eigenvalue weighted by Crippen LogP contribution is -2.45. The van der Waals surface area contributed by atoms with E-state index in [-0.39, 0.29) is 23.3 Å². The number of likely N-dealkylation sites (tertiary alicyclic amines) is 1. The molecule has 2 fully saturated rings. The molecule has 0 N–H and O–H groups in total. The Labute approximate surface area is 203 Å². The number of piperidine rings is 1. The molecule has 186 valence electrons. The number of rotatable bonds is 4. The Morgan fingerprint density at radius 2 is 1.43 bits per heavy atom. The summed E-state index contributed by atoms with van der Waals surface area (Å²) in [6.45, 7) is 2.66. The van der Waals surface area contributed by atoms with Gasteiger partial charge < -0.3 is 19.4 Å². The van der Waals surface area contributed by atoms with Gasteiger partial charge in [0.05, 0.1) is 18.2 Å². The first-order chi connectivity index (χ1) is 16.9. The molecule has 0 unspecified atom stereocenters. The van der Waals surface area contributed by atoms with Crippen LogP contribution in [0.25, 0.3) is 0 Å². The molecule has 3 amide bonds. The average molecular weight is 486 g/mol. The molecule has 0 bridgehead atoms. The van der Waals surface area contributed by atoms with Crippen LogP contribution in [0.1, 0.15) is 40.0 Å². The molecule has 2 aromatic carbocycles. The number of nitrogens with zero attached hydrogens (tertiary/aromatic N) is 3. The monoisotopic (exact) mass is 485 g/mol. The number of carbonyl (C=O) groups excluding carboxylic acids is 3. The number of ether oxygens (including phenoxy) is 1. The van der Waals surface area contributed by atoms with E-state index in [0.29, 0.717) is 75.9 Å². The predicted octanol–water partition coefficient (Wildman–Crippen LogP) is 3.20. The molecular formula is C26H29F2N3O4. The summed E-state index contributed by atoms with van der Waals surface area (Å²) in [5.41, 5.74) is 0.341. The third kappa shape index (κ3) is 5.44. The number of para-hydroxylation sites is 1. The zero-order valence-corrected chi connectivity index (χ0v) is 19.7. The van der Waals surface area contributed by atoms with Crippen LogP contribution in [0.15, 0.2) is 42.5 Å². The molecule has 0 aromatic heterocycles. The zero-order chi connectivity index (χ0) is 24.9. The van der Waals surface area contributed by atoms with Crippen molar-refractivity contribution < 1.29 is 27.9 Å². The average Bonchev–Trinajstić information content (AvgIpc) is 3.14. The number of amides is 3. The van der Waals surface area contributed by atoms with Crippen molar-refractivity contribution in [2.75, 3.05) is 46.4 Å². The first-order valence-electron chi connectivity index (χ1n) is 11.8. The first-order valence-corrected chi connectivity index (χ1v) is 11.8. The highest BCUT2D eigenvalue weighted by Gasteiger charge is 2.32. The lowest BCUT2D eigenvalue weighted by molar-refractivity contribution is -0.136. The molecule has 4 rings (SSSR count). The second-order valence-electron chi connectivity index (χ2n) is 8.86. The summed E-state index contributed by atoms with van der Waals surface area (Å²) in [7, 11) is 1.53. The Kier molecular flexibility index (Phi) is 7.63. The summed E-state index contributed by atoms with van der Waals surface area (Å²) in [6.07, 6.45) is 1.63. The molecule has 7 nitrogen and oxygen atoms in total. The summed E-state index contributed by atoms with van der Waals surface area (Å²) in [5, 5.41) is 0. The lowest BCUT2D eigenvalue weighted by Gasteiger charge is -2.34. The van der Waals surface area contributed by atoms with Crippen LogP contribution < -0.4 is 4.74 Å². The normalized spacial score (nSPS) is 17.2. The van der Waals surface area contributed by atoms with Crippen molar-refractivity contribution in [2.45, 2.75) is 19.3 Å². The Morgan fingerprint density at radius 3 is 2.14 bits per heavy atom. The van der Waals surface area contributed by atoms with E-state index in [2.05, 4.69) is 0 Å². The van der Waals surface area contributed by atoms with Crippen molar-refractivity contribution in [3.63, 3.8) is 0 Å². The molecule has 0 radical (unpaired) electrons. The molecule has 2 saturated heterocycles. The third-order valence-electron chi connectivity index (χ3n) is 6.73. The molecular weight excluding hydrogens is 456 g/mol. The number of methoxy groups -OCH3 is 1. The second-order valence-corrected chi connectivity index (χ2v) is 8.86. The highest BCUT2D eigenvalue weighted by atomic mass is 19.1. The van der Waals surface area contributed by atoms with Crippen LogP contribution in [0.5, 0.6) is 5.75 Å². The van der Waals surface area contributed by atoms with Crippen molar-refractivity contribution >= 4 is 17.7 Å². The van der Waals surface area contributed by atoms with Gasteiger partial charge >= 0.3 is 0 Å². The number of carbonyl (C=O) groups is 3. The topological polar surface area (TPSA) is 70.2 Å². The largest absolute Gasteiger partial charge is 0.496 e. The van der Waals surface area contributed by atoms with E-state index >= 15 is 0 Å². The second kappa shape index (κ2) is 10.8. The van der Waals surface area contributed by atoms with Crippen LogP contribution in [-0.2, 0) is 4.79 Å². The standard InChI is InChI=1S/C26H29F2N3O4/c1-35-23-6-3-2-5-21(23)26(34)30-12-4-11-29(15-16-30)24(32)18-9-13-31(14-10-18)25(33)20-8-7-19(27)17-22(20)28/h2-3,5-8,17-18H,4,9-16H2,1H3. The maximum Gasteiger partial charge on any atom is 0.257 e. The van der Waals surface area contributed by atoms with Crippen LogP contribution in [0.3, 0.4) is 0 Å². The molecule has 35 heavy (non-hydrogen) atoms. The summed E-state index contributed by atoms with van der Waals surface area (Å²) in [6, 6.07) is 10.0. The SMILES string of the molecule is COc1ccccc1C(=O)N1CCCN(C(=O)C2CCN(C(=O)c3ccc(F)cc3F)CC2)CC1. The van der Waals surface area contributed by atoms with Gasteiger partial charge in [0.15, 0.2) is 0 Å². The van der Waals surface area contributed by atoms with Gasteiger partial charge in [-0.2, -0.15) is 0 Å². The van der Waals surface area contributed by atoms with Crippen LogP contribution in [0, 0.1) is 17.6 Å². The third-order valence-corrected chi connectivity index (χ3v) is 6.73. The van der Waals surface area contributed by atoms with E-state index in [1.54, 1.807) is 28.0 Å².